The van der Waals surface area contributed by atoms with E-state index in [-0.39, 0.29) is 17.1 Å². The molecule has 1 atom stereocenters. The molecule has 7 nitrogen and oxygen atoms in total. The van der Waals surface area contributed by atoms with Crippen LogP contribution in [0.3, 0.4) is 0 Å². The summed E-state index contributed by atoms with van der Waals surface area (Å²) in [7, 11) is 0. The highest BCUT2D eigenvalue weighted by molar-refractivity contribution is 8.00. The van der Waals surface area contributed by atoms with E-state index in [1.54, 1.807) is 18.3 Å². The normalized spacial score (nSPS) is 19.0. The minimum absolute atomic E-state index is 0.0403. The van der Waals surface area contributed by atoms with Gasteiger partial charge in [-0.3, -0.25) is 9.59 Å². The lowest BCUT2D eigenvalue weighted by atomic mass is 10.1. The number of fused-ring (bicyclic) bond motifs is 1. The van der Waals surface area contributed by atoms with E-state index < -0.39 is 0 Å². The number of aromatic nitrogens is 1. The van der Waals surface area contributed by atoms with Gasteiger partial charge in [0.15, 0.2) is 0 Å². The number of carbonyl (C=O) groups is 2. The fraction of sp³-hybridized carbons (Fsp3) is 0.350. The van der Waals surface area contributed by atoms with Gasteiger partial charge in [0.2, 0.25) is 5.91 Å². The number of pyridine rings is 1. The number of amides is 2. The van der Waals surface area contributed by atoms with Gasteiger partial charge in [0.05, 0.1) is 24.2 Å². The van der Waals surface area contributed by atoms with Gasteiger partial charge in [0.25, 0.3) is 5.91 Å². The van der Waals surface area contributed by atoms with Gasteiger partial charge in [0, 0.05) is 36.3 Å². The Hall–Kier alpha value is -2.58. The molecule has 2 aliphatic heterocycles. The first-order valence-electron chi connectivity index (χ1n) is 9.27. The highest BCUT2D eigenvalue weighted by Crippen LogP contribution is 2.35. The minimum Gasteiger partial charge on any atom is -0.378 e. The van der Waals surface area contributed by atoms with Crippen molar-refractivity contribution in [3.63, 3.8) is 0 Å². The molecule has 0 spiro atoms. The lowest BCUT2D eigenvalue weighted by molar-refractivity contribution is -0.115. The second-order valence-electron chi connectivity index (χ2n) is 6.77. The lowest BCUT2D eigenvalue weighted by Gasteiger charge is -2.27. The van der Waals surface area contributed by atoms with E-state index in [1.807, 2.05) is 25.1 Å². The number of ether oxygens (including phenoxy) is 1. The van der Waals surface area contributed by atoms with Crippen molar-refractivity contribution in [3.05, 3.63) is 47.7 Å². The Balaban J connectivity index is 1.36. The first kappa shape index (κ1) is 18.8. The lowest BCUT2D eigenvalue weighted by Crippen LogP contribution is -2.36. The monoisotopic (exact) mass is 398 g/mol. The molecule has 2 aliphatic rings. The maximum atomic E-state index is 12.5. The maximum Gasteiger partial charge on any atom is 0.251 e. The molecule has 0 aliphatic carbocycles. The summed E-state index contributed by atoms with van der Waals surface area (Å²) in [6.45, 7) is 5.38. The first-order chi connectivity index (χ1) is 13.6. The Morgan fingerprint density at radius 2 is 2.14 bits per heavy atom. The second-order valence-corrected chi connectivity index (χ2v) is 8.15. The second kappa shape index (κ2) is 8.20. The summed E-state index contributed by atoms with van der Waals surface area (Å²) < 4.78 is 5.36. The Labute approximate surface area is 167 Å². The van der Waals surface area contributed by atoms with E-state index in [9.17, 15) is 9.59 Å². The van der Waals surface area contributed by atoms with Crippen LogP contribution in [0.1, 0.15) is 22.8 Å². The van der Waals surface area contributed by atoms with Crippen molar-refractivity contribution < 1.29 is 14.3 Å². The highest BCUT2D eigenvalue weighted by atomic mass is 32.2. The topological polar surface area (TPSA) is 83.6 Å². The molecule has 0 radical (unpaired) electrons. The van der Waals surface area contributed by atoms with Gasteiger partial charge in [-0.2, -0.15) is 0 Å². The fourth-order valence-electron chi connectivity index (χ4n) is 3.14. The van der Waals surface area contributed by atoms with Crippen molar-refractivity contribution in [2.75, 3.05) is 36.5 Å². The van der Waals surface area contributed by atoms with Crippen LogP contribution in [0.5, 0.6) is 0 Å². The zero-order valence-electron chi connectivity index (χ0n) is 15.6. The Morgan fingerprint density at radius 3 is 2.89 bits per heavy atom. The van der Waals surface area contributed by atoms with E-state index in [1.165, 1.54) is 11.8 Å². The van der Waals surface area contributed by atoms with E-state index in [0.717, 1.165) is 42.6 Å². The number of nitrogens with zero attached hydrogens (tertiary/aromatic N) is 2. The molecule has 146 valence electrons. The smallest absolute Gasteiger partial charge is 0.251 e. The summed E-state index contributed by atoms with van der Waals surface area (Å²) >= 11 is 1.50. The van der Waals surface area contributed by atoms with Crippen LogP contribution < -0.4 is 15.5 Å². The molecule has 0 bridgehead atoms. The number of hydrogen-bond donors (Lipinski definition) is 2. The van der Waals surface area contributed by atoms with Crippen LogP contribution in [0.2, 0.25) is 0 Å². The molecule has 2 amide bonds. The molecule has 0 unspecified atom stereocenters. The van der Waals surface area contributed by atoms with Crippen molar-refractivity contribution in [2.24, 2.45) is 0 Å². The largest absolute Gasteiger partial charge is 0.378 e. The number of nitrogens with one attached hydrogen (secondary N) is 2. The first-order valence-corrected chi connectivity index (χ1v) is 10.2. The van der Waals surface area contributed by atoms with Gasteiger partial charge < -0.3 is 20.3 Å². The molecule has 0 saturated carbocycles. The third kappa shape index (κ3) is 4.13. The van der Waals surface area contributed by atoms with Crippen LogP contribution in [0.15, 0.2) is 41.4 Å². The average Bonchev–Trinajstić information content (AvgIpc) is 2.73. The summed E-state index contributed by atoms with van der Waals surface area (Å²) in [4.78, 5) is 32.0. The SMILES string of the molecule is C[C@H]1Sc2ccc(C(=O)NCc3ccc(N4CCOCC4)nc3)cc2NC1=O. The predicted octanol–water partition coefficient (Wildman–Crippen LogP) is 2.28. The molecule has 8 heteroatoms. The van der Waals surface area contributed by atoms with E-state index >= 15 is 0 Å². The Kier molecular flexibility index (Phi) is 5.50. The quantitative estimate of drug-likeness (QED) is 0.822. The molecular weight excluding hydrogens is 376 g/mol. The zero-order chi connectivity index (χ0) is 19.5. The molecular formula is C20H22N4O3S. The molecule has 3 heterocycles. The van der Waals surface area contributed by atoms with Crippen LogP contribution in [0.25, 0.3) is 0 Å². The molecule has 1 fully saturated rings. The molecule has 1 aromatic heterocycles. The summed E-state index contributed by atoms with van der Waals surface area (Å²) in [6, 6.07) is 9.33. The molecule has 2 aromatic rings. The van der Waals surface area contributed by atoms with Gasteiger partial charge in [-0.1, -0.05) is 6.07 Å². The number of rotatable bonds is 4. The molecule has 2 N–H and O–H groups in total. The third-order valence-corrected chi connectivity index (χ3v) is 5.95. The number of morpholine rings is 1. The Bertz CT molecular complexity index is 882. The van der Waals surface area contributed by atoms with E-state index in [2.05, 4.69) is 20.5 Å². The maximum absolute atomic E-state index is 12.5. The summed E-state index contributed by atoms with van der Waals surface area (Å²) in [5.74, 6) is 0.704. The number of benzene rings is 1. The summed E-state index contributed by atoms with van der Waals surface area (Å²) in [5.41, 5.74) is 2.14. The van der Waals surface area contributed by atoms with Crippen molar-refractivity contribution in [1.29, 1.82) is 0 Å². The van der Waals surface area contributed by atoms with Crippen LogP contribution in [0, 0.1) is 0 Å². The summed E-state index contributed by atoms with van der Waals surface area (Å²) in [6.07, 6.45) is 1.79. The van der Waals surface area contributed by atoms with E-state index in [4.69, 9.17) is 4.74 Å². The number of hydrogen-bond acceptors (Lipinski definition) is 6. The number of anilines is 2. The number of thioether (sulfide) groups is 1. The zero-order valence-corrected chi connectivity index (χ0v) is 16.4. The standard InChI is InChI=1S/C20H22N4O3S/c1-13-19(25)23-16-10-15(3-4-17(16)28-13)20(26)22-12-14-2-5-18(21-11-14)24-6-8-27-9-7-24/h2-5,10-11,13H,6-9,12H2,1H3,(H,22,26)(H,23,25)/t13-/m1/s1. The minimum atomic E-state index is -0.182. The van der Waals surface area contributed by atoms with Crippen molar-refractivity contribution in [2.45, 2.75) is 23.6 Å². The van der Waals surface area contributed by atoms with Gasteiger partial charge in [-0.05, 0) is 36.8 Å². The van der Waals surface area contributed by atoms with Gasteiger partial charge in [0.1, 0.15) is 5.82 Å². The summed E-state index contributed by atoms with van der Waals surface area (Å²) in [5, 5.41) is 5.64. The van der Waals surface area contributed by atoms with Crippen molar-refractivity contribution >= 4 is 35.1 Å². The fourth-order valence-corrected chi connectivity index (χ4v) is 4.07. The van der Waals surface area contributed by atoms with Crippen LogP contribution in [0.4, 0.5) is 11.5 Å². The van der Waals surface area contributed by atoms with Crippen molar-refractivity contribution in [3.8, 4) is 0 Å². The third-order valence-electron chi connectivity index (χ3n) is 4.77. The molecule has 1 saturated heterocycles. The number of carbonyl (C=O) groups excluding carboxylic acids is 2. The van der Waals surface area contributed by atoms with Crippen molar-refractivity contribution in [1.82, 2.24) is 10.3 Å². The molecule has 4 rings (SSSR count). The molecule has 1 aromatic carbocycles. The van der Waals surface area contributed by atoms with Crippen LogP contribution in [-0.4, -0.2) is 48.4 Å². The van der Waals surface area contributed by atoms with Gasteiger partial charge >= 0.3 is 0 Å². The predicted molar refractivity (Wildman–Crippen MR) is 109 cm³/mol. The molecule has 28 heavy (non-hydrogen) atoms. The van der Waals surface area contributed by atoms with Crippen LogP contribution in [-0.2, 0) is 16.1 Å². The van der Waals surface area contributed by atoms with Crippen LogP contribution >= 0.6 is 11.8 Å². The van der Waals surface area contributed by atoms with Gasteiger partial charge in [-0.15, -0.1) is 11.8 Å². The van der Waals surface area contributed by atoms with E-state index in [0.29, 0.717) is 17.8 Å². The average molecular weight is 398 g/mol. The highest BCUT2D eigenvalue weighted by Gasteiger charge is 2.23. The van der Waals surface area contributed by atoms with Gasteiger partial charge in [-0.25, -0.2) is 4.98 Å². The Morgan fingerprint density at radius 1 is 1.32 bits per heavy atom.